The Morgan fingerprint density at radius 3 is 2.39 bits per heavy atom. The van der Waals surface area contributed by atoms with Gasteiger partial charge in [-0.15, -0.1) is 0 Å². The Morgan fingerprint density at radius 1 is 0.929 bits per heavy atom. The first-order valence-electron chi connectivity index (χ1n) is 8.82. The number of nitrogens with one attached hydrogen (secondary N) is 2. The quantitative estimate of drug-likeness (QED) is 0.710. The Balaban J connectivity index is 1.81. The molecule has 0 aromatic heterocycles. The fourth-order valence-electron chi connectivity index (χ4n) is 2.97. The van der Waals surface area contributed by atoms with Crippen molar-refractivity contribution in [1.29, 1.82) is 5.26 Å². The molecule has 0 radical (unpaired) electrons. The summed E-state index contributed by atoms with van der Waals surface area (Å²) in [4.78, 5) is 24.0. The molecule has 28 heavy (non-hydrogen) atoms. The maximum absolute atomic E-state index is 12.8. The van der Waals surface area contributed by atoms with E-state index in [2.05, 4.69) is 16.7 Å². The lowest BCUT2D eigenvalue weighted by Crippen LogP contribution is -2.23. The molecule has 138 valence electrons. The molecule has 0 saturated heterocycles. The maximum Gasteiger partial charge on any atom is 0.252 e. The highest BCUT2D eigenvalue weighted by Crippen LogP contribution is 2.26. The zero-order valence-corrected chi connectivity index (χ0v) is 15.4. The van der Waals surface area contributed by atoms with Crippen LogP contribution in [0.4, 0.5) is 5.69 Å². The average molecular weight is 369 g/mol. The van der Waals surface area contributed by atoms with Gasteiger partial charge >= 0.3 is 0 Å². The number of hydrogen-bond acceptors (Lipinski definition) is 3. The number of anilines is 1. The number of benzene rings is 3. The van der Waals surface area contributed by atoms with Gasteiger partial charge in [-0.2, -0.15) is 5.26 Å². The summed E-state index contributed by atoms with van der Waals surface area (Å²) >= 11 is 0. The molecule has 0 atom stereocenters. The van der Waals surface area contributed by atoms with Crippen molar-refractivity contribution in [2.24, 2.45) is 0 Å². The van der Waals surface area contributed by atoms with Crippen LogP contribution < -0.4 is 10.6 Å². The van der Waals surface area contributed by atoms with Gasteiger partial charge < -0.3 is 10.6 Å². The minimum atomic E-state index is -0.228. The Labute approximate surface area is 163 Å². The van der Waals surface area contributed by atoms with Crippen molar-refractivity contribution in [3.05, 3.63) is 89.5 Å². The molecule has 0 heterocycles. The van der Waals surface area contributed by atoms with E-state index in [0.717, 1.165) is 11.1 Å². The number of rotatable bonds is 5. The van der Waals surface area contributed by atoms with E-state index < -0.39 is 0 Å². The molecule has 5 heteroatoms. The van der Waals surface area contributed by atoms with Crippen LogP contribution in [0, 0.1) is 11.3 Å². The highest BCUT2D eigenvalue weighted by molar-refractivity contribution is 6.01. The summed E-state index contributed by atoms with van der Waals surface area (Å²) in [5.74, 6) is -0.375. The highest BCUT2D eigenvalue weighted by atomic mass is 16.2. The molecule has 0 bridgehead atoms. The minimum absolute atomic E-state index is 0.147. The first-order valence-corrected chi connectivity index (χ1v) is 8.82. The predicted molar refractivity (Wildman–Crippen MR) is 109 cm³/mol. The van der Waals surface area contributed by atoms with E-state index >= 15 is 0 Å². The maximum atomic E-state index is 12.8. The number of nitriles is 1. The monoisotopic (exact) mass is 369 g/mol. The number of carbonyl (C=O) groups is 2. The molecule has 5 nitrogen and oxygen atoms in total. The first kappa shape index (κ1) is 18.9. The van der Waals surface area contributed by atoms with Gasteiger partial charge in [-0.25, -0.2) is 0 Å². The molecule has 3 rings (SSSR count). The van der Waals surface area contributed by atoms with Crippen LogP contribution in [0.5, 0.6) is 0 Å². The molecule has 0 aliphatic heterocycles. The second kappa shape index (κ2) is 8.65. The summed E-state index contributed by atoms with van der Waals surface area (Å²) in [6.45, 7) is 1.77. The van der Waals surface area contributed by atoms with Crippen LogP contribution in [0.1, 0.15) is 28.4 Å². The van der Waals surface area contributed by atoms with Crippen LogP contribution in [-0.4, -0.2) is 11.8 Å². The number of amides is 2. The van der Waals surface area contributed by atoms with Gasteiger partial charge in [0.1, 0.15) is 0 Å². The molecular formula is C23H19N3O2. The lowest BCUT2D eigenvalue weighted by Gasteiger charge is -2.12. The van der Waals surface area contributed by atoms with Gasteiger partial charge in [0.2, 0.25) is 5.91 Å². The summed E-state index contributed by atoms with van der Waals surface area (Å²) in [5, 5.41) is 15.0. The van der Waals surface area contributed by atoms with E-state index in [1.807, 2.05) is 42.5 Å². The largest absolute Gasteiger partial charge is 0.348 e. The summed E-state index contributed by atoms with van der Waals surface area (Å²) in [6.07, 6.45) is 0. The van der Waals surface area contributed by atoms with Crippen molar-refractivity contribution in [3.8, 4) is 17.2 Å². The van der Waals surface area contributed by atoms with Crippen LogP contribution in [0.15, 0.2) is 72.8 Å². The van der Waals surface area contributed by atoms with Crippen molar-refractivity contribution >= 4 is 17.5 Å². The lowest BCUT2D eigenvalue weighted by atomic mass is 9.95. The molecule has 3 aromatic carbocycles. The van der Waals surface area contributed by atoms with E-state index in [1.54, 1.807) is 30.3 Å². The van der Waals surface area contributed by atoms with Gasteiger partial charge in [-0.3, -0.25) is 9.59 Å². The third kappa shape index (κ3) is 4.43. The zero-order chi connectivity index (χ0) is 19.9. The SMILES string of the molecule is CC(=O)Nc1cccc(CNC(=O)c2ccccc2-c2ccccc2C#N)c1. The first-order chi connectivity index (χ1) is 13.6. The van der Waals surface area contributed by atoms with Crippen molar-refractivity contribution < 1.29 is 9.59 Å². The van der Waals surface area contributed by atoms with Crippen molar-refractivity contribution in [3.63, 3.8) is 0 Å². The molecular weight excluding hydrogens is 350 g/mol. The summed E-state index contributed by atoms with van der Waals surface area (Å²) < 4.78 is 0. The van der Waals surface area contributed by atoms with Gasteiger partial charge in [0.15, 0.2) is 0 Å². The van der Waals surface area contributed by atoms with E-state index in [0.29, 0.717) is 28.9 Å². The van der Waals surface area contributed by atoms with Crippen LogP contribution in [0.25, 0.3) is 11.1 Å². The van der Waals surface area contributed by atoms with Crippen LogP contribution in [0.3, 0.4) is 0 Å². The molecule has 2 amide bonds. The van der Waals surface area contributed by atoms with Crippen LogP contribution in [-0.2, 0) is 11.3 Å². The molecule has 0 aliphatic rings. The Bertz CT molecular complexity index is 1070. The van der Waals surface area contributed by atoms with Crippen molar-refractivity contribution in [2.45, 2.75) is 13.5 Å². The van der Waals surface area contributed by atoms with Gasteiger partial charge in [0.25, 0.3) is 5.91 Å². The molecule has 0 spiro atoms. The van der Waals surface area contributed by atoms with Gasteiger partial charge in [0.05, 0.1) is 11.6 Å². The Morgan fingerprint density at radius 2 is 1.64 bits per heavy atom. The summed E-state index contributed by atoms with van der Waals surface area (Å²) in [5.41, 5.74) is 4.01. The third-order valence-corrected chi connectivity index (χ3v) is 4.21. The average Bonchev–Trinajstić information content (AvgIpc) is 2.72. The van der Waals surface area contributed by atoms with Crippen molar-refractivity contribution in [1.82, 2.24) is 5.32 Å². The van der Waals surface area contributed by atoms with Gasteiger partial charge in [-0.1, -0.05) is 48.5 Å². The van der Waals surface area contributed by atoms with Crippen LogP contribution in [0.2, 0.25) is 0 Å². The predicted octanol–water partition coefficient (Wildman–Crippen LogP) is 4.11. The molecule has 3 aromatic rings. The van der Waals surface area contributed by atoms with E-state index in [1.165, 1.54) is 6.92 Å². The second-order valence-corrected chi connectivity index (χ2v) is 6.27. The minimum Gasteiger partial charge on any atom is -0.348 e. The fraction of sp³-hybridized carbons (Fsp3) is 0.0870. The van der Waals surface area contributed by atoms with E-state index in [4.69, 9.17) is 0 Å². The summed E-state index contributed by atoms with van der Waals surface area (Å²) in [7, 11) is 0. The van der Waals surface area contributed by atoms with Crippen molar-refractivity contribution in [2.75, 3.05) is 5.32 Å². The number of hydrogen-bond donors (Lipinski definition) is 2. The van der Waals surface area contributed by atoms with Gasteiger partial charge in [0, 0.05) is 30.3 Å². The Kier molecular flexibility index (Phi) is 5.83. The molecule has 0 saturated carbocycles. The third-order valence-electron chi connectivity index (χ3n) is 4.21. The van der Waals surface area contributed by atoms with E-state index in [9.17, 15) is 14.9 Å². The van der Waals surface area contributed by atoms with Gasteiger partial charge in [-0.05, 0) is 35.4 Å². The molecule has 0 aliphatic carbocycles. The second-order valence-electron chi connectivity index (χ2n) is 6.27. The smallest absolute Gasteiger partial charge is 0.252 e. The highest BCUT2D eigenvalue weighted by Gasteiger charge is 2.14. The standard InChI is InChI=1S/C23H19N3O2/c1-16(27)26-19-9-6-7-17(13-19)15-25-23(28)22-12-5-4-11-21(22)20-10-3-2-8-18(20)14-24/h2-13H,15H2,1H3,(H,25,28)(H,26,27). The number of carbonyl (C=O) groups excluding carboxylic acids is 2. The fourth-order valence-corrected chi connectivity index (χ4v) is 2.97. The topological polar surface area (TPSA) is 82.0 Å². The lowest BCUT2D eigenvalue weighted by molar-refractivity contribution is -0.114. The molecule has 2 N–H and O–H groups in total. The summed E-state index contributed by atoms with van der Waals surface area (Å²) in [6, 6.07) is 23.9. The molecule has 0 unspecified atom stereocenters. The van der Waals surface area contributed by atoms with E-state index in [-0.39, 0.29) is 11.8 Å². The van der Waals surface area contributed by atoms with Crippen LogP contribution >= 0.6 is 0 Å². The zero-order valence-electron chi connectivity index (χ0n) is 15.4. The Hall–Kier alpha value is -3.91. The normalized spacial score (nSPS) is 10.0. The molecule has 0 fully saturated rings. The number of nitrogens with zero attached hydrogens (tertiary/aromatic N) is 1.